The van der Waals surface area contributed by atoms with Gasteiger partial charge < -0.3 is 14.6 Å². The minimum absolute atomic E-state index is 0.00573. The van der Waals surface area contributed by atoms with Crippen LogP contribution in [-0.2, 0) is 10.0 Å². The van der Waals surface area contributed by atoms with Crippen LogP contribution in [0.2, 0.25) is 0 Å². The highest BCUT2D eigenvalue weighted by Crippen LogP contribution is 2.40. The van der Waals surface area contributed by atoms with Crippen molar-refractivity contribution >= 4 is 44.0 Å². The number of primary sulfonamides is 1. The monoisotopic (exact) mass is 555 g/mol. The Hall–Kier alpha value is -4.37. The smallest absolute Gasteiger partial charge is 0.341 e. The number of nitro groups is 1. The molecule has 0 unspecified atom stereocenters. The summed E-state index contributed by atoms with van der Waals surface area (Å²) < 4.78 is 24.6. The molecule has 2 aromatic carbocycles. The highest BCUT2D eigenvalue weighted by atomic mass is 32.2. The van der Waals surface area contributed by atoms with E-state index in [2.05, 4.69) is 10.3 Å². The van der Waals surface area contributed by atoms with Crippen molar-refractivity contribution in [2.45, 2.75) is 36.7 Å². The second kappa shape index (κ2) is 9.74. The number of benzene rings is 2. The third-order valence-electron chi connectivity index (χ3n) is 6.87. The van der Waals surface area contributed by atoms with Gasteiger partial charge in [-0.2, -0.15) is 0 Å². The number of fused-ring (bicyclic) bond motifs is 1. The number of anilines is 1. The maximum Gasteiger partial charge on any atom is 0.341 e. The van der Waals surface area contributed by atoms with Gasteiger partial charge in [0.25, 0.3) is 5.69 Å². The topological polar surface area (TPSA) is 194 Å². The van der Waals surface area contributed by atoms with Gasteiger partial charge in [-0.25, -0.2) is 18.4 Å². The predicted molar refractivity (Wildman–Crippen MR) is 141 cm³/mol. The fraction of sp³-hybridized carbons (Fsp3) is 0.333. The Morgan fingerprint density at radius 2 is 1.87 bits per heavy atom. The van der Waals surface area contributed by atoms with Crippen molar-refractivity contribution in [3.8, 4) is 0 Å². The number of nitrogens with two attached hydrogens (primary N) is 1. The average molecular weight is 556 g/mol. The molecule has 0 amide bonds. The van der Waals surface area contributed by atoms with E-state index in [1.165, 1.54) is 36.5 Å². The van der Waals surface area contributed by atoms with E-state index in [1.807, 2.05) is 11.8 Å². The molecule has 1 aliphatic heterocycles. The number of carbonyl (C=O) groups is 1. The quantitative estimate of drug-likeness (QED) is 0.250. The number of aromatic carboxylic acids is 1. The summed E-state index contributed by atoms with van der Waals surface area (Å²) in [5.74, 6) is -1.37. The Morgan fingerprint density at radius 1 is 1.18 bits per heavy atom. The first-order chi connectivity index (χ1) is 18.4. The lowest BCUT2D eigenvalue weighted by Crippen LogP contribution is -2.49. The number of nitro benzene ring substituents is 1. The first kappa shape index (κ1) is 26.2. The number of hydrogen-bond donors (Lipinski definition) is 2. The molecule has 3 aromatic rings. The number of aromatic nitrogens is 1. The zero-order chi connectivity index (χ0) is 28.1. The van der Waals surface area contributed by atoms with Gasteiger partial charge in [-0.05, 0) is 50.1 Å². The van der Waals surface area contributed by atoms with E-state index in [0.717, 1.165) is 12.8 Å². The Morgan fingerprint density at radius 3 is 2.44 bits per heavy atom. The molecule has 39 heavy (non-hydrogen) atoms. The lowest BCUT2D eigenvalue weighted by Gasteiger charge is -2.38. The molecule has 3 N–H and O–H groups in total. The first-order valence-corrected chi connectivity index (χ1v) is 13.7. The van der Waals surface area contributed by atoms with Gasteiger partial charge in [0.05, 0.1) is 39.0 Å². The fourth-order valence-electron chi connectivity index (χ4n) is 4.69. The standard InChI is InChI=1S/C24H25N7O7S/c1-14-12-28(8-9-30(14)27-26-15-2-6-17(7-3-15)39(25,37)38)21-11-20-18(10-22(21)31(35)36)23(32)19(24(33)34)13-29(20)16-4-5-16/h2-3,6-7,10-11,13-14,16H,4-5,8-9,12H2,1H3,(H,33,34)(H2,25,37,38)/b27-26+/t14-/m0/s1. The number of sulfonamides is 1. The number of carboxylic acid groups (broad SMARTS) is 1. The Balaban J connectivity index is 1.43. The van der Waals surface area contributed by atoms with Crippen LogP contribution in [-0.4, -0.2) is 59.7 Å². The molecular weight excluding hydrogens is 530 g/mol. The third-order valence-corrected chi connectivity index (χ3v) is 7.80. The van der Waals surface area contributed by atoms with Crippen molar-refractivity contribution in [3.05, 3.63) is 68.5 Å². The second-order valence-electron chi connectivity index (χ2n) is 9.62. The zero-order valence-corrected chi connectivity index (χ0v) is 21.6. The lowest BCUT2D eigenvalue weighted by atomic mass is 10.1. The van der Waals surface area contributed by atoms with Crippen LogP contribution in [0.15, 0.2) is 62.6 Å². The normalized spacial score (nSPS) is 18.2. The van der Waals surface area contributed by atoms with E-state index in [0.29, 0.717) is 36.5 Å². The Bertz CT molecular complexity index is 1680. The van der Waals surface area contributed by atoms with Crippen molar-refractivity contribution in [1.29, 1.82) is 0 Å². The summed E-state index contributed by atoms with van der Waals surface area (Å²) in [4.78, 5) is 37.8. The lowest BCUT2D eigenvalue weighted by molar-refractivity contribution is -0.384. The summed E-state index contributed by atoms with van der Waals surface area (Å²) in [6.07, 6.45) is 2.99. The van der Waals surface area contributed by atoms with Crippen LogP contribution in [0.1, 0.15) is 36.2 Å². The minimum atomic E-state index is -3.81. The van der Waals surface area contributed by atoms with Gasteiger partial charge in [-0.1, -0.05) is 5.22 Å². The summed E-state index contributed by atoms with van der Waals surface area (Å²) >= 11 is 0. The maximum absolute atomic E-state index is 12.9. The summed E-state index contributed by atoms with van der Waals surface area (Å²) in [6, 6.07) is 8.28. The van der Waals surface area contributed by atoms with Crippen LogP contribution in [0.4, 0.5) is 17.1 Å². The van der Waals surface area contributed by atoms with Crippen LogP contribution in [0.5, 0.6) is 0 Å². The van der Waals surface area contributed by atoms with E-state index in [1.54, 1.807) is 15.6 Å². The second-order valence-corrected chi connectivity index (χ2v) is 11.2. The van der Waals surface area contributed by atoms with Gasteiger partial charge in [-0.15, -0.1) is 5.11 Å². The molecule has 1 saturated heterocycles. The Labute approximate surface area is 222 Å². The highest BCUT2D eigenvalue weighted by Gasteiger charge is 2.32. The van der Waals surface area contributed by atoms with Crippen LogP contribution < -0.4 is 15.5 Å². The minimum Gasteiger partial charge on any atom is -0.477 e. The molecule has 1 aliphatic carbocycles. The molecule has 5 rings (SSSR count). The molecular formula is C24H25N7O7S. The molecule has 0 radical (unpaired) electrons. The van der Waals surface area contributed by atoms with Gasteiger partial charge in [-0.3, -0.25) is 19.9 Å². The summed E-state index contributed by atoms with van der Waals surface area (Å²) in [7, 11) is -3.81. The fourth-order valence-corrected chi connectivity index (χ4v) is 5.21. The van der Waals surface area contributed by atoms with E-state index >= 15 is 0 Å². The third kappa shape index (κ3) is 5.18. The summed E-state index contributed by atoms with van der Waals surface area (Å²) in [5.41, 5.74) is -0.206. The molecule has 2 aliphatic rings. The number of nitrogens with zero attached hydrogens (tertiary/aromatic N) is 6. The number of carboxylic acids is 1. The van der Waals surface area contributed by atoms with Gasteiger partial charge in [0, 0.05) is 31.4 Å². The van der Waals surface area contributed by atoms with Crippen molar-refractivity contribution in [2.75, 3.05) is 24.5 Å². The molecule has 2 fully saturated rings. The maximum atomic E-state index is 12.9. The van der Waals surface area contributed by atoms with Crippen LogP contribution >= 0.6 is 0 Å². The molecule has 15 heteroatoms. The van der Waals surface area contributed by atoms with E-state index in [4.69, 9.17) is 5.14 Å². The van der Waals surface area contributed by atoms with Crippen LogP contribution in [0, 0.1) is 10.1 Å². The number of rotatable bonds is 7. The van der Waals surface area contributed by atoms with Crippen molar-refractivity contribution < 1.29 is 23.2 Å². The molecule has 14 nitrogen and oxygen atoms in total. The van der Waals surface area contributed by atoms with E-state index < -0.39 is 31.9 Å². The van der Waals surface area contributed by atoms with Gasteiger partial charge >= 0.3 is 5.97 Å². The van der Waals surface area contributed by atoms with Gasteiger partial charge in [0.15, 0.2) is 0 Å². The SMILES string of the molecule is C[C@H]1CN(c2cc3c(cc2[N+](=O)[O-])c(=O)c(C(=O)O)cn3C2CC2)CCN1/N=N/c1ccc(S(N)(=O)=O)cc1. The first-order valence-electron chi connectivity index (χ1n) is 12.1. The van der Waals surface area contributed by atoms with Crippen molar-refractivity contribution in [1.82, 2.24) is 9.58 Å². The number of hydrogen-bond acceptors (Lipinski definition) is 9. The largest absolute Gasteiger partial charge is 0.477 e. The zero-order valence-electron chi connectivity index (χ0n) is 20.8. The van der Waals surface area contributed by atoms with Crippen molar-refractivity contribution in [3.63, 3.8) is 0 Å². The number of pyridine rings is 1. The molecule has 1 atom stereocenters. The molecule has 1 aromatic heterocycles. The molecule has 1 saturated carbocycles. The van der Waals surface area contributed by atoms with Crippen LogP contribution in [0.3, 0.4) is 0 Å². The van der Waals surface area contributed by atoms with Gasteiger partial charge in [0.1, 0.15) is 11.3 Å². The van der Waals surface area contributed by atoms with E-state index in [9.17, 15) is 33.2 Å². The average Bonchev–Trinajstić information content (AvgIpc) is 3.72. The van der Waals surface area contributed by atoms with Crippen molar-refractivity contribution in [2.24, 2.45) is 15.5 Å². The Kier molecular flexibility index (Phi) is 6.56. The number of piperazine rings is 1. The molecule has 0 spiro atoms. The van der Waals surface area contributed by atoms with Crippen LogP contribution in [0.25, 0.3) is 10.9 Å². The molecule has 0 bridgehead atoms. The summed E-state index contributed by atoms with van der Waals surface area (Å²) in [6.45, 7) is 3.03. The molecule has 2 heterocycles. The summed E-state index contributed by atoms with van der Waals surface area (Å²) in [5, 5.41) is 36.8. The van der Waals surface area contributed by atoms with Gasteiger partial charge in [0.2, 0.25) is 15.5 Å². The highest BCUT2D eigenvalue weighted by molar-refractivity contribution is 7.89. The molecule has 204 valence electrons. The van der Waals surface area contributed by atoms with E-state index in [-0.39, 0.29) is 28.1 Å². The predicted octanol–water partition coefficient (Wildman–Crippen LogP) is 2.80.